The SMILES string of the molecule is Cc1ccc(Cl)cc1-c1[nH]c(-c2nc(N)ncc2C#Cc2ccc(NCCN(C(=O)O)C(C)(C)C)cc2)cc1C(N)=O. The number of anilines is 2. The number of carbonyl (C=O) groups is 2. The summed E-state index contributed by atoms with van der Waals surface area (Å²) in [5.41, 5.74) is 16.6. The lowest BCUT2D eigenvalue weighted by atomic mass is 10.0. The monoisotopic (exact) mass is 585 g/mol. The van der Waals surface area contributed by atoms with Gasteiger partial charge in [0.05, 0.1) is 22.5 Å². The normalized spacial score (nSPS) is 11.0. The molecule has 0 unspecified atom stereocenters. The molecule has 0 radical (unpaired) electrons. The maximum absolute atomic E-state index is 12.3. The molecular formula is C31H32ClN7O3. The first-order valence-corrected chi connectivity index (χ1v) is 13.5. The number of carbonyl (C=O) groups excluding carboxylic acids is 1. The second kappa shape index (κ2) is 12.2. The number of halogens is 1. The number of rotatable bonds is 7. The number of nitrogens with two attached hydrogens (primary N) is 2. The number of hydrogen-bond donors (Lipinski definition) is 5. The van der Waals surface area contributed by atoms with E-state index in [-0.39, 0.29) is 11.5 Å². The van der Waals surface area contributed by atoms with Crippen molar-refractivity contribution in [2.45, 2.75) is 33.2 Å². The van der Waals surface area contributed by atoms with E-state index in [1.54, 1.807) is 18.2 Å². The van der Waals surface area contributed by atoms with Crippen molar-refractivity contribution in [3.05, 3.63) is 82.0 Å². The minimum Gasteiger partial charge on any atom is -0.465 e. The number of primary amides is 1. The molecule has 2 aromatic carbocycles. The third-order valence-electron chi connectivity index (χ3n) is 6.55. The number of carboxylic acid groups (broad SMARTS) is 1. The number of aromatic amines is 1. The van der Waals surface area contributed by atoms with Gasteiger partial charge in [0.25, 0.3) is 5.91 Å². The fourth-order valence-corrected chi connectivity index (χ4v) is 4.56. The number of H-pyrrole nitrogens is 1. The number of aromatic nitrogens is 3. The number of benzene rings is 2. The molecule has 0 aliphatic rings. The summed E-state index contributed by atoms with van der Waals surface area (Å²) in [6.07, 6.45) is 0.570. The molecule has 7 N–H and O–H groups in total. The van der Waals surface area contributed by atoms with Crippen LogP contribution in [0.1, 0.15) is 47.8 Å². The van der Waals surface area contributed by atoms with Crippen LogP contribution in [-0.2, 0) is 0 Å². The highest BCUT2D eigenvalue weighted by atomic mass is 35.5. The van der Waals surface area contributed by atoms with Gasteiger partial charge in [0.1, 0.15) is 5.69 Å². The molecule has 4 rings (SSSR count). The highest BCUT2D eigenvalue weighted by molar-refractivity contribution is 6.31. The van der Waals surface area contributed by atoms with E-state index in [9.17, 15) is 14.7 Å². The third kappa shape index (κ3) is 7.00. The first kappa shape index (κ1) is 30.0. The van der Waals surface area contributed by atoms with E-state index >= 15 is 0 Å². The van der Waals surface area contributed by atoms with Gasteiger partial charge < -0.3 is 31.8 Å². The summed E-state index contributed by atoms with van der Waals surface area (Å²) in [6.45, 7) is 8.29. The van der Waals surface area contributed by atoms with E-state index in [1.165, 1.54) is 11.1 Å². The van der Waals surface area contributed by atoms with Crippen LogP contribution in [0.2, 0.25) is 5.02 Å². The second-order valence-corrected chi connectivity index (χ2v) is 11.1. The summed E-state index contributed by atoms with van der Waals surface area (Å²) < 4.78 is 0. The number of nitrogen functional groups attached to an aromatic ring is 1. The molecule has 0 saturated carbocycles. The zero-order valence-electron chi connectivity index (χ0n) is 23.7. The molecule has 2 aromatic heterocycles. The standard InChI is InChI=1S/C31H32ClN7O3/c1-18-5-10-21(32)15-23(18)27-24(28(33)40)16-25(37-27)26-20(17-36-29(34)38-26)9-6-19-7-11-22(12-8-19)35-13-14-39(30(41)42)31(2,3)4/h5,7-8,10-12,15-17,35,37H,13-14H2,1-4H3,(H2,33,40)(H,41,42)(H2,34,36,38). The highest BCUT2D eigenvalue weighted by Gasteiger charge is 2.25. The molecule has 10 nitrogen and oxygen atoms in total. The molecule has 4 aromatic rings. The third-order valence-corrected chi connectivity index (χ3v) is 6.78. The summed E-state index contributed by atoms with van der Waals surface area (Å²) in [4.78, 5) is 37.0. The second-order valence-electron chi connectivity index (χ2n) is 10.6. The minimum absolute atomic E-state index is 0.0506. The Morgan fingerprint density at radius 2 is 1.83 bits per heavy atom. The number of hydrogen-bond acceptors (Lipinski definition) is 6. The van der Waals surface area contributed by atoms with Gasteiger partial charge in [0.2, 0.25) is 5.95 Å². The van der Waals surface area contributed by atoms with Crippen molar-refractivity contribution >= 4 is 35.2 Å². The lowest BCUT2D eigenvalue weighted by Crippen LogP contribution is -2.47. The Balaban J connectivity index is 1.58. The molecule has 216 valence electrons. The van der Waals surface area contributed by atoms with Crippen LogP contribution in [0.4, 0.5) is 16.4 Å². The van der Waals surface area contributed by atoms with Crippen molar-refractivity contribution in [2.75, 3.05) is 24.1 Å². The van der Waals surface area contributed by atoms with Crippen LogP contribution in [0.15, 0.2) is 54.7 Å². The van der Waals surface area contributed by atoms with E-state index in [0.29, 0.717) is 40.8 Å². The Bertz CT molecular complexity index is 1700. The molecule has 42 heavy (non-hydrogen) atoms. The Morgan fingerprint density at radius 3 is 2.48 bits per heavy atom. The molecule has 0 aliphatic carbocycles. The summed E-state index contributed by atoms with van der Waals surface area (Å²) in [7, 11) is 0. The number of aryl methyl sites for hydroxylation is 1. The van der Waals surface area contributed by atoms with E-state index < -0.39 is 17.5 Å². The van der Waals surface area contributed by atoms with Gasteiger partial charge in [-0.25, -0.2) is 14.8 Å². The lowest BCUT2D eigenvalue weighted by molar-refractivity contribution is 0.0998. The van der Waals surface area contributed by atoms with Crippen molar-refractivity contribution < 1.29 is 14.7 Å². The molecule has 0 atom stereocenters. The van der Waals surface area contributed by atoms with Crippen LogP contribution in [0.5, 0.6) is 0 Å². The minimum atomic E-state index is -0.957. The van der Waals surface area contributed by atoms with Crippen molar-refractivity contribution in [1.82, 2.24) is 19.9 Å². The molecule has 0 fully saturated rings. The summed E-state index contributed by atoms with van der Waals surface area (Å²) in [6, 6.07) is 14.5. The van der Waals surface area contributed by atoms with E-state index in [1.807, 2.05) is 58.0 Å². The maximum Gasteiger partial charge on any atom is 0.407 e. The first-order valence-electron chi connectivity index (χ1n) is 13.1. The largest absolute Gasteiger partial charge is 0.465 e. The van der Waals surface area contributed by atoms with Crippen LogP contribution >= 0.6 is 11.6 Å². The van der Waals surface area contributed by atoms with Crippen molar-refractivity contribution in [3.63, 3.8) is 0 Å². The summed E-state index contributed by atoms with van der Waals surface area (Å²) >= 11 is 6.23. The zero-order valence-corrected chi connectivity index (χ0v) is 24.5. The van der Waals surface area contributed by atoms with E-state index in [2.05, 4.69) is 32.1 Å². The summed E-state index contributed by atoms with van der Waals surface area (Å²) in [5, 5.41) is 13.2. The zero-order chi connectivity index (χ0) is 30.6. The average Bonchev–Trinajstić information content (AvgIpc) is 3.37. The van der Waals surface area contributed by atoms with Gasteiger partial charge in [-0.1, -0.05) is 29.5 Å². The fourth-order valence-electron chi connectivity index (χ4n) is 4.39. The fraction of sp³-hybridized carbons (Fsp3) is 0.226. The molecule has 0 spiro atoms. The molecule has 0 saturated heterocycles. The Hall–Kier alpha value is -5.01. The van der Waals surface area contributed by atoms with Gasteiger partial charge in [-0.3, -0.25) is 4.79 Å². The molecule has 0 bridgehead atoms. The van der Waals surface area contributed by atoms with Crippen molar-refractivity contribution in [3.8, 4) is 34.5 Å². The van der Waals surface area contributed by atoms with Gasteiger partial charge in [-0.2, -0.15) is 0 Å². The van der Waals surface area contributed by atoms with Gasteiger partial charge in [0.15, 0.2) is 0 Å². The van der Waals surface area contributed by atoms with Crippen LogP contribution < -0.4 is 16.8 Å². The highest BCUT2D eigenvalue weighted by Crippen LogP contribution is 2.33. The van der Waals surface area contributed by atoms with Crippen LogP contribution in [0, 0.1) is 18.8 Å². The van der Waals surface area contributed by atoms with Gasteiger partial charge in [-0.15, -0.1) is 0 Å². The number of nitrogens with zero attached hydrogens (tertiary/aromatic N) is 3. The topological polar surface area (TPSA) is 163 Å². The van der Waals surface area contributed by atoms with Crippen molar-refractivity contribution in [1.29, 1.82) is 0 Å². The molecular weight excluding hydrogens is 554 g/mol. The first-order chi connectivity index (χ1) is 19.8. The Kier molecular flexibility index (Phi) is 8.73. The van der Waals surface area contributed by atoms with E-state index in [0.717, 1.165) is 22.4 Å². The lowest BCUT2D eigenvalue weighted by Gasteiger charge is -2.33. The Morgan fingerprint density at radius 1 is 1.12 bits per heavy atom. The van der Waals surface area contributed by atoms with Crippen LogP contribution in [-0.4, -0.2) is 55.6 Å². The Labute approximate surface area is 249 Å². The maximum atomic E-state index is 12.3. The van der Waals surface area contributed by atoms with Gasteiger partial charge >= 0.3 is 6.09 Å². The van der Waals surface area contributed by atoms with Crippen LogP contribution in [0.3, 0.4) is 0 Å². The number of amides is 2. The molecule has 0 aliphatic heterocycles. The molecule has 2 amide bonds. The number of nitrogens with one attached hydrogen (secondary N) is 2. The molecule has 2 heterocycles. The molecule has 11 heteroatoms. The van der Waals surface area contributed by atoms with E-state index in [4.69, 9.17) is 23.1 Å². The summed E-state index contributed by atoms with van der Waals surface area (Å²) in [5.74, 6) is 5.66. The van der Waals surface area contributed by atoms with Gasteiger partial charge in [-0.05, 0) is 75.7 Å². The quantitative estimate of drug-likeness (QED) is 0.182. The predicted molar refractivity (Wildman–Crippen MR) is 165 cm³/mol. The van der Waals surface area contributed by atoms with Crippen molar-refractivity contribution in [2.24, 2.45) is 5.73 Å². The van der Waals surface area contributed by atoms with Crippen LogP contribution in [0.25, 0.3) is 22.6 Å². The predicted octanol–water partition coefficient (Wildman–Crippen LogP) is 5.37. The average molecular weight is 586 g/mol. The smallest absolute Gasteiger partial charge is 0.407 e. The van der Waals surface area contributed by atoms with Gasteiger partial charge in [0, 0.05) is 46.7 Å².